The molecule has 1 aliphatic heterocycles. The molecule has 3 aromatic rings. The van der Waals surface area contributed by atoms with Crippen LogP contribution in [0.3, 0.4) is 0 Å². The Hall–Kier alpha value is -2.24. The Balaban J connectivity index is 2.13. The number of rotatable bonds is 2. The van der Waals surface area contributed by atoms with Crippen molar-refractivity contribution in [3.8, 4) is 11.1 Å². The van der Waals surface area contributed by atoms with E-state index >= 15 is 0 Å². The van der Waals surface area contributed by atoms with Crippen molar-refractivity contribution in [2.75, 3.05) is 0 Å². The molecule has 5 nitrogen and oxygen atoms in total. The maximum Gasteiger partial charge on any atom is 0.153 e. The lowest BCUT2D eigenvalue weighted by molar-refractivity contribution is -0.0410. The Morgan fingerprint density at radius 3 is 2.81 bits per heavy atom. The summed E-state index contributed by atoms with van der Waals surface area (Å²) in [5.74, 6) is 0. The highest BCUT2D eigenvalue weighted by molar-refractivity contribution is 6.32. The van der Waals surface area contributed by atoms with E-state index in [4.69, 9.17) is 16.3 Å². The molecule has 134 valence electrons. The molecule has 0 N–H and O–H groups in total. The number of hydrogen-bond donors (Lipinski definition) is 0. The summed E-state index contributed by atoms with van der Waals surface area (Å²) >= 11 is 6.42. The Morgan fingerprint density at radius 2 is 2.08 bits per heavy atom. The number of carbonyl (C=O) groups is 1. The second kappa shape index (κ2) is 5.89. The molecule has 26 heavy (non-hydrogen) atoms. The van der Waals surface area contributed by atoms with Gasteiger partial charge in [-0.15, -0.1) is 0 Å². The lowest BCUT2D eigenvalue weighted by Crippen LogP contribution is -2.33. The molecule has 4 rings (SSSR count). The number of aryl methyl sites for hydroxylation is 2. The number of fused-ring (bicyclic) bond motifs is 2. The van der Waals surface area contributed by atoms with Gasteiger partial charge in [-0.25, -0.2) is 4.98 Å². The Bertz CT molecular complexity index is 1050. The highest BCUT2D eigenvalue weighted by Gasteiger charge is 2.32. The van der Waals surface area contributed by atoms with Crippen LogP contribution in [0.4, 0.5) is 0 Å². The van der Waals surface area contributed by atoms with Crippen LogP contribution in [0.25, 0.3) is 22.0 Å². The normalized spacial score (nSPS) is 15.9. The Labute approximate surface area is 156 Å². The molecular weight excluding hydrogens is 350 g/mol. The van der Waals surface area contributed by atoms with Crippen molar-refractivity contribution in [3.63, 3.8) is 0 Å². The number of aromatic nitrogens is 3. The number of ether oxygens (including phenoxy) is 1. The molecule has 0 amide bonds. The van der Waals surface area contributed by atoms with Gasteiger partial charge in [-0.3, -0.25) is 9.48 Å². The van der Waals surface area contributed by atoms with Crippen LogP contribution in [-0.2, 0) is 24.8 Å². The van der Waals surface area contributed by atoms with Gasteiger partial charge in [0.05, 0.1) is 35.2 Å². The summed E-state index contributed by atoms with van der Waals surface area (Å²) < 4.78 is 7.87. The Kier molecular flexibility index (Phi) is 3.90. The largest absolute Gasteiger partial charge is 0.370 e. The summed E-state index contributed by atoms with van der Waals surface area (Å²) in [5, 5.41) is 5.64. The third-order valence-corrected chi connectivity index (χ3v) is 5.34. The second-order valence-corrected chi connectivity index (χ2v) is 7.78. The summed E-state index contributed by atoms with van der Waals surface area (Å²) in [6.45, 7) is 6.50. The second-order valence-electron chi connectivity index (χ2n) is 7.42. The van der Waals surface area contributed by atoms with E-state index in [0.29, 0.717) is 18.6 Å². The highest BCUT2D eigenvalue weighted by atomic mass is 35.5. The molecule has 0 aliphatic carbocycles. The molecule has 0 unspecified atom stereocenters. The van der Waals surface area contributed by atoms with Gasteiger partial charge in [0.1, 0.15) is 5.15 Å². The average molecular weight is 370 g/mol. The number of benzene rings is 1. The molecule has 0 fully saturated rings. The van der Waals surface area contributed by atoms with Crippen molar-refractivity contribution in [1.82, 2.24) is 14.8 Å². The maximum atomic E-state index is 11.9. The SMILES string of the molecule is Cc1ccc2cnn(C)c2c1-c1c(C=O)c(Cl)nc2c1COC(C)(C)C2. The first-order valence-electron chi connectivity index (χ1n) is 8.54. The van der Waals surface area contributed by atoms with Crippen LogP contribution in [0.15, 0.2) is 18.3 Å². The predicted octanol–water partition coefficient (Wildman–Crippen LogP) is 4.26. The smallest absolute Gasteiger partial charge is 0.153 e. The van der Waals surface area contributed by atoms with Crippen LogP contribution in [0.5, 0.6) is 0 Å². The molecule has 0 radical (unpaired) electrons. The van der Waals surface area contributed by atoms with E-state index in [1.165, 1.54) is 0 Å². The van der Waals surface area contributed by atoms with Crippen LogP contribution < -0.4 is 0 Å². The van der Waals surface area contributed by atoms with E-state index in [1.807, 2.05) is 50.8 Å². The van der Waals surface area contributed by atoms with Crippen LogP contribution >= 0.6 is 11.6 Å². The molecule has 0 spiro atoms. The van der Waals surface area contributed by atoms with Gasteiger partial charge < -0.3 is 4.74 Å². The molecule has 0 saturated heterocycles. The van der Waals surface area contributed by atoms with Crippen molar-refractivity contribution in [2.45, 2.75) is 39.4 Å². The number of hydrogen-bond acceptors (Lipinski definition) is 4. The van der Waals surface area contributed by atoms with E-state index < -0.39 is 0 Å². The van der Waals surface area contributed by atoms with Crippen LogP contribution in [0.1, 0.15) is 41.0 Å². The van der Waals surface area contributed by atoms with Gasteiger partial charge in [0.2, 0.25) is 0 Å². The molecule has 3 heterocycles. The first-order chi connectivity index (χ1) is 12.3. The van der Waals surface area contributed by atoms with Crippen molar-refractivity contribution in [1.29, 1.82) is 0 Å². The van der Waals surface area contributed by atoms with Gasteiger partial charge >= 0.3 is 0 Å². The van der Waals surface area contributed by atoms with Gasteiger partial charge in [-0.1, -0.05) is 23.7 Å². The first-order valence-corrected chi connectivity index (χ1v) is 8.92. The zero-order valence-corrected chi connectivity index (χ0v) is 16.0. The fraction of sp³-hybridized carbons (Fsp3) is 0.350. The lowest BCUT2D eigenvalue weighted by atomic mass is 9.86. The van der Waals surface area contributed by atoms with Gasteiger partial charge in [-0.2, -0.15) is 5.10 Å². The van der Waals surface area contributed by atoms with Crippen molar-refractivity contribution in [2.24, 2.45) is 7.05 Å². The number of halogens is 1. The van der Waals surface area contributed by atoms with Gasteiger partial charge in [-0.05, 0) is 26.3 Å². The maximum absolute atomic E-state index is 11.9. The Morgan fingerprint density at radius 1 is 1.31 bits per heavy atom. The van der Waals surface area contributed by atoms with Crippen molar-refractivity contribution < 1.29 is 9.53 Å². The predicted molar refractivity (Wildman–Crippen MR) is 102 cm³/mol. The average Bonchev–Trinajstić information content (AvgIpc) is 2.94. The quantitative estimate of drug-likeness (QED) is 0.500. The number of carbonyl (C=O) groups excluding carboxylic acids is 1. The number of aldehydes is 1. The molecule has 0 bridgehead atoms. The fourth-order valence-electron chi connectivity index (χ4n) is 3.76. The first kappa shape index (κ1) is 17.2. The van der Waals surface area contributed by atoms with E-state index in [0.717, 1.165) is 45.1 Å². The van der Waals surface area contributed by atoms with Crippen molar-refractivity contribution in [3.05, 3.63) is 45.9 Å². The van der Waals surface area contributed by atoms with Crippen LogP contribution in [0, 0.1) is 6.92 Å². The monoisotopic (exact) mass is 369 g/mol. The molecule has 6 heteroatoms. The molecule has 2 aromatic heterocycles. The van der Waals surface area contributed by atoms with Crippen LogP contribution in [-0.4, -0.2) is 26.7 Å². The third-order valence-electron chi connectivity index (χ3n) is 5.05. The van der Waals surface area contributed by atoms with E-state index in [9.17, 15) is 4.79 Å². The minimum atomic E-state index is -0.309. The van der Waals surface area contributed by atoms with E-state index in [1.54, 1.807) is 0 Å². The number of nitrogens with zero attached hydrogens (tertiary/aromatic N) is 3. The summed E-state index contributed by atoms with van der Waals surface area (Å²) in [7, 11) is 1.90. The highest BCUT2D eigenvalue weighted by Crippen LogP contribution is 2.41. The van der Waals surface area contributed by atoms with Crippen molar-refractivity contribution >= 4 is 28.8 Å². The van der Waals surface area contributed by atoms with Gasteiger partial charge in [0.15, 0.2) is 6.29 Å². The minimum absolute atomic E-state index is 0.241. The van der Waals surface area contributed by atoms with E-state index in [2.05, 4.69) is 10.1 Å². The molecular formula is C20H20ClN3O2. The fourth-order valence-corrected chi connectivity index (χ4v) is 4.00. The summed E-state index contributed by atoms with van der Waals surface area (Å²) in [4.78, 5) is 16.4. The summed E-state index contributed by atoms with van der Waals surface area (Å²) in [5.41, 5.74) is 5.74. The standard InChI is InChI=1S/C20H20ClN3O2/c1-11-5-6-12-8-22-24(4)18(12)16(11)17-13(9-25)19(21)23-15-7-20(2,3)26-10-14(15)17/h5-6,8-9H,7,10H2,1-4H3. The zero-order valence-electron chi connectivity index (χ0n) is 15.3. The summed E-state index contributed by atoms with van der Waals surface area (Å²) in [6.07, 6.45) is 3.27. The topological polar surface area (TPSA) is 57.0 Å². The van der Waals surface area contributed by atoms with Crippen LogP contribution in [0.2, 0.25) is 5.15 Å². The minimum Gasteiger partial charge on any atom is -0.370 e. The lowest BCUT2D eigenvalue weighted by Gasteiger charge is -2.33. The molecule has 1 aliphatic rings. The zero-order chi connectivity index (χ0) is 18.6. The molecule has 0 atom stereocenters. The third kappa shape index (κ3) is 2.54. The molecule has 1 aromatic carbocycles. The number of pyridine rings is 1. The van der Waals surface area contributed by atoms with Gasteiger partial charge in [0, 0.05) is 35.5 Å². The van der Waals surface area contributed by atoms with Gasteiger partial charge in [0.25, 0.3) is 0 Å². The molecule has 0 saturated carbocycles. The van der Waals surface area contributed by atoms with E-state index in [-0.39, 0.29) is 10.8 Å². The summed E-state index contributed by atoms with van der Waals surface area (Å²) in [6, 6.07) is 4.08.